The van der Waals surface area contributed by atoms with E-state index in [-0.39, 0.29) is 0 Å². The zero-order valence-electron chi connectivity index (χ0n) is 11.3. The Balaban J connectivity index is 2.13. The maximum absolute atomic E-state index is 2.24. The molecule has 0 saturated heterocycles. The van der Waals surface area contributed by atoms with E-state index in [1.165, 1.54) is 36.8 Å². The molecule has 20 heavy (non-hydrogen) atoms. The predicted octanol–water partition coefficient (Wildman–Crippen LogP) is 3.98. The Morgan fingerprint density at radius 1 is 0.650 bits per heavy atom. The second-order valence-corrected chi connectivity index (χ2v) is 6.15. The summed E-state index contributed by atoms with van der Waals surface area (Å²) >= 11 is 1.89. The van der Waals surface area contributed by atoms with Gasteiger partial charge >= 0.3 is 0 Å². The first-order valence-electron chi connectivity index (χ1n) is 6.81. The average molecular weight is 272 g/mol. The van der Waals surface area contributed by atoms with Gasteiger partial charge in [0.15, 0.2) is 0 Å². The second-order valence-electron chi connectivity index (χ2n) is 5.10. The molecule has 0 spiro atoms. The molecule has 0 fully saturated rings. The van der Waals surface area contributed by atoms with Gasteiger partial charge in [-0.2, -0.15) is 0 Å². The quantitative estimate of drug-likeness (QED) is 0.460. The molecule has 4 aromatic rings. The fourth-order valence-electron chi connectivity index (χ4n) is 2.83. The van der Waals surface area contributed by atoms with E-state index >= 15 is 0 Å². The Hall–Kier alpha value is -2.06. The summed E-state index contributed by atoms with van der Waals surface area (Å²) in [6.07, 6.45) is 0. The molecule has 1 heterocycles. The molecule has 0 unspecified atom stereocenters. The average Bonchev–Trinajstić information content (AvgIpc) is 2.86. The van der Waals surface area contributed by atoms with Crippen molar-refractivity contribution in [3.05, 3.63) is 66.7 Å². The van der Waals surface area contributed by atoms with Gasteiger partial charge in [-0.25, -0.2) is 0 Å². The molecule has 0 bridgehead atoms. The van der Waals surface area contributed by atoms with Gasteiger partial charge < -0.3 is 0 Å². The summed E-state index contributed by atoms with van der Waals surface area (Å²) in [5, 5.41) is 2.73. The number of fused-ring (bicyclic) bond motifs is 3. The van der Waals surface area contributed by atoms with Crippen LogP contribution in [0.4, 0.5) is 0 Å². The Morgan fingerprint density at radius 2 is 1.35 bits per heavy atom. The van der Waals surface area contributed by atoms with Crippen molar-refractivity contribution >= 4 is 44.8 Å². The molecule has 0 aliphatic carbocycles. The van der Waals surface area contributed by atoms with Crippen LogP contribution in [0.1, 0.15) is 0 Å². The Labute approximate surface area is 123 Å². The minimum atomic E-state index is 1.33. The highest BCUT2D eigenvalue weighted by Gasteiger charge is 2.10. The van der Waals surface area contributed by atoms with Gasteiger partial charge in [-0.3, -0.25) is 0 Å². The topological polar surface area (TPSA) is 0 Å². The van der Waals surface area contributed by atoms with Crippen LogP contribution in [0.25, 0.3) is 31.3 Å². The van der Waals surface area contributed by atoms with E-state index in [1.807, 2.05) is 11.3 Å². The molecule has 4 rings (SSSR count). The molecule has 0 radical (unpaired) electrons. The van der Waals surface area contributed by atoms with E-state index in [1.54, 1.807) is 0 Å². The number of benzene rings is 3. The summed E-state index contributed by atoms with van der Waals surface area (Å²) in [6, 6.07) is 23.9. The second kappa shape index (κ2) is 4.50. The molecule has 0 aliphatic heterocycles. The van der Waals surface area contributed by atoms with Gasteiger partial charge in [0.25, 0.3) is 0 Å². The maximum atomic E-state index is 2.24. The summed E-state index contributed by atoms with van der Waals surface area (Å²) in [5.74, 6) is 0. The SMILES string of the molecule is Bc1ccccc1-c1cccc2c1sc1ccccc12. The molecule has 94 valence electrons. The first kappa shape index (κ1) is 11.7. The third-order valence-electron chi connectivity index (χ3n) is 3.84. The highest BCUT2D eigenvalue weighted by Crippen LogP contribution is 2.39. The van der Waals surface area contributed by atoms with Crippen LogP contribution >= 0.6 is 11.3 Å². The van der Waals surface area contributed by atoms with Crippen LogP contribution in [0.15, 0.2) is 66.7 Å². The molecular weight excluding hydrogens is 259 g/mol. The standard InChI is InChI=1S/C18H13BS/c19-16-10-3-1-6-12(16)14-8-5-9-15-13-7-2-4-11-17(13)20-18(14)15/h1-11H,19H2. The van der Waals surface area contributed by atoms with Crippen LogP contribution in [-0.2, 0) is 0 Å². The Kier molecular flexibility index (Phi) is 2.64. The normalized spacial score (nSPS) is 11.2. The smallest absolute Gasteiger partial charge is 0.135 e. The largest absolute Gasteiger partial charge is 0.140 e. The molecule has 0 aliphatic rings. The van der Waals surface area contributed by atoms with Gasteiger partial charge in [0.05, 0.1) is 0 Å². The van der Waals surface area contributed by atoms with Gasteiger partial charge in [-0.05, 0) is 17.2 Å². The molecule has 0 atom stereocenters. The predicted molar refractivity (Wildman–Crippen MR) is 92.9 cm³/mol. The van der Waals surface area contributed by atoms with E-state index in [0.29, 0.717) is 0 Å². The van der Waals surface area contributed by atoms with Crippen LogP contribution < -0.4 is 5.46 Å². The fourth-order valence-corrected chi connectivity index (χ4v) is 4.06. The summed E-state index contributed by atoms with van der Waals surface area (Å²) in [4.78, 5) is 0. The molecule has 1 aromatic heterocycles. The Morgan fingerprint density at radius 3 is 2.25 bits per heavy atom. The van der Waals surface area contributed by atoms with Crippen molar-refractivity contribution in [2.45, 2.75) is 0 Å². The maximum Gasteiger partial charge on any atom is 0.140 e. The lowest BCUT2D eigenvalue weighted by Gasteiger charge is -2.07. The summed E-state index contributed by atoms with van der Waals surface area (Å²) in [7, 11) is 2.18. The van der Waals surface area contributed by atoms with E-state index in [0.717, 1.165) is 0 Å². The third-order valence-corrected chi connectivity index (χ3v) is 5.06. The first-order chi connectivity index (χ1) is 9.84. The van der Waals surface area contributed by atoms with Gasteiger partial charge in [0.2, 0.25) is 0 Å². The molecule has 0 nitrogen and oxygen atoms in total. The van der Waals surface area contributed by atoms with Crippen LogP contribution in [0, 0.1) is 0 Å². The lowest BCUT2D eigenvalue weighted by Crippen LogP contribution is -2.05. The van der Waals surface area contributed by atoms with Crippen LogP contribution in [0.3, 0.4) is 0 Å². The van der Waals surface area contributed by atoms with Gasteiger partial charge in [0.1, 0.15) is 7.85 Å². The number of hydrogen-bond donors (Lipinski definition) is 0. The Bertz CT molecular complexity index is 921. The van der Waals surface area contributed by atoms with Crippen molar-refractivity contribution in [3.8, 4) is 11.1 Å². The van der Waals surface area contributed by atoms with Gasteiger partial charge in [-0.15, -0.1) is 11.3 Å². The van der Waals surface area contributed by atoms with Crippen molar-refractivity contribution < 1.29 is 0 Å². The molecule has 3 aromatic carbocycles. The van der Waals surface area contributed by atoms with Crippen LogP contribution in [0.5, 0.6) is 0 Å². The molecule has 0 N–H and O–H groups in total. The van der Waals surface area contributed by atoms with Crippen molar-refractivity contribution in [3.63, 3.8) is 0 Å². The number of hydrogen-bond acceptors (Lipinski definition) is 1. The summed E-state index contributed by atoms with van der Waals surface area (Å²) in [6.45, 7) is 0. The van der Waals surface area contributed by atoms with E-state index < -0.39 is 0 Å². The molecule has 0 saturated carbocycles. The zero-order chi connectivity index (χ0) is 13.5. The highest BCUT2D eigenvalue weighted by molar-refractivity contribution is 7.26. The number of rotatable bonds is 1. The van der Waals surface area contributed by atoms with E-state index in [2.05, 4.69) is 74.6 Å². The lowest BCUT2D eigenvalue weighted by molar-refractivity contribution is 1.72. The number of thiophene rings is 1. The third kappa shape index (κ3) is 1.69. The van der Waals surface area contributed by atoms with Crippen LogP contribution in [-0.4, -0.2) is 7.85 Å². The van der Waals surface area contributed by atoms with Gasteiger partial charge in [0, 0.05) is 20.2 Å². The monoisotopic (exact) mass is 272 g/mol. The lowest BCUT2D eigenvalue weighted by atomic mass is 9.87. The van der Waals surface area contributed by atoms with Crippen LogP contribution in [0.2, 0.25) is 0 Å². The first-order valence-corrected chi connectivity index (χ1v) is 7.62. The molecule has 2 heteroatoms. The van der Waals surface area contributed by atoms with Crippen molar-refractivity contribution in [1.82, 2.24) is 0 Å². The zero-order valence-corrected chi connectivity index (χ0v) is 12.1. The minimum absolute atomic E-state index is 1.33. The highest BCUT2D eigenvalue weighted by atomic mass is 32.1. The van der Waals surface area contributed by atoms with Crippen molar-refractivity contribution in [2.24, 2.45) is 0 Å². The molecular formula is C18H13BS. The van der Waals surface area contributed by atoms with Gasteiger partial charge in [-0.1, -0.05) is 66.1 Å². The summed E-state index contributed by atoms with van der Waals surface area (Å²) < 4.78 is 2.76. The van der Waals surface area contributed by atoms with E-state index in [4.69, 9.17) is 0 Å². The minimum Gasteiger partial charge on any atom is -0.135 e. The van der Waals surface area contributed by atoms with E-state index in [9.17, 15) is 0 Å². The van der Waals surface area contributed by atoms with Crippen molar-refractivity contribution in [1.29, 1.82) is 0 Å². The van der Waals surface area contributed by atoms with Crippen molar-refractivity contribution in [2.75, 3.05) is 0 Å². The molecule has 0 amide bonds. The summed E-state index contributed by atoms with van der Waals surface area (Å²) in [5.41, 5.74) is 4.02. The fraction of sp³-hybridized carbons (Fsp3) is 0.